The van der Waals surface area contributed by atoms with Gasteiger partial charge in [-0.05, 0) is 60.3 Å². The second-order valence-electron chi connectivity index (χ2n) is 10.3. The normalized spacial score (nSPS) is 17.8. The Morgan fingerprint density at radius 1 is 1.12 bits per heavy atom. The number of carbonyl (C=O) groups excluding carboxylic acids is 2. The lowest BCUT2D eigenvalue weighted by atomic mass is 10.0. The van der Waals surface area contributed by atoms with E-state index in [1.54, 1.807) is 35.6 Å². The van der Waals surface area contributed by atoms with E-state index in [0.717, 1.165) is 46.0 Å². The number of halogens is 1. The quantitative estimate of drug-likeness (QED) is 0.194. The van der Waals surface area contributed by atoms with Crippen molar-refractivity contribution < 1.29 is 14.7 Å². The summed E-state index contributed by atoms with van der Waals surface area (Å²) < 4.78 is 0. The highest BCUT2D eigenvalue weighted by Crippen LogP contribution is 2.36. The molecule has 2 amide bonds. The molecule has 0 saturated carbocycles. The molecule has 8 nitrogen and oxygen atoms in total. The topological polar surface area (TPSA) is 107 Å². The van der Waals surface area contributed by atoms with Gasteiger partial charge in [0.15, 0.2) is 0 Å². The molecule has 2 aliphatic heterocycles. The highest BCUT2D eigenvalue weighted by molar-refractivity contribution is 7.18. The van der Waals surface area contributed by atoms with Crippen LogP contribution < -0.4 is 16.0 Å². The molecule has 4 aromatic rings. The number of nitrogens with one attached hydrogen (secondary N) is 3. The standard InChI is InChI=1S/C30H30ClN5O3S2/c31-22-4-1-3-20(13-22)27(37)33-14-18-6-8-19(9-7-18)25-15-34-29(41-25)21-16-36(17-21)30(39)24-10-11-26(40-24)35-28(38)23-5-2-12-32-23/h1,3-4,6-11,13,15,21,23,27,32-33,37H,2,5,12,14,16-17H2,(H,35,38)/t23-,27?/m0/s1. The van der Waals surface area contributed by atoms with Crippen molar-refractivity contribution in [2.24, 2.45) is 0 Å². The Labute approximate surface area is 251 Å². The molecule has 4 N–H and O–H groups in total. The van der Waals surface area contributed by atoms with Gasteiger partial charge in [0.25, 0.3) is 5.91 Å². The number of aromatic nitrogens is 1. The summed E-state index contributed by atoms with van der Waals surface area (Å²) in [5.74, 6) is 0.180. The number of aliphatic hydroxyl groups excluding tert-OH is 1. The van der Waals surface area contributed by atoms with Gasteiger partial charge in [0, 0.05) is 36.8 Å². The van der Waals surface area contributed by atoms with E-state index >= 15 is 0 Å². The molecule has 2 aromatic heterocycles. The molecule has 4 heterocycles. The molecule has 2 atom stereocenters. The van der Waals surface area contributed by atoms with E-state index in [9.17, 15) is 14.7 Å². The number of hydrogen-bond donors (Lipinski definition) is 4. The summed E-state index contributed by atoms with van der Waals surface area (Å²) in [7, 11) is 0. The van der Waals surface area contributed by atoms with E-state index < -0.39 is 6.23 Å². The van der Waals surface area contributed by atoms with Crippen molar-refractivity contribution in [2.45, 2.75) is 37.6 Å². The van der Waals surface area contributed by atoms with E-state index in [4.69, 9.17) is 11.6 Å². The van der Waals surface area contributed by atoms with Crippen molar-refractivity contribution >= 4 is 51.1 Å². The SMILES string of the molecule is O=C(Nc1ccc(C(=O)N2CC(c3ncc(-c4ccc(CNC(O)c5cccc(Cl)c5)cc4)s3)C2)s1)[C@@H]1CCCN1. The van der Waals surface area contributed by atoms with Gasteiger partial charge < -0.3 is 20.6 Å². The second kappa shape index (κ2) is 12.4. The minimum atomic E-state index is -0.798. The lowest BCUT2D eigenvalue weighted by molar-refractivity contribution is -0.117. The van der Waals surface area contributed by atoms with Gasteiger partial charge in [-0.15, -0.1) is 22.7 Å². The monoisotopic (exact) mass is 607 g/mol. The summed E-state index contributed by atoms with van der Waals surface area (Å²) in [6, 6.07) is 18.8. The van der Waals surface area contributed by atoms with Crippen LogP contribution >= 0.6 is 34.3 Å². The Balaban J connectivity index is 0.989. The molecule has 0 spiro atoms. The highest BCUT2D eigenvalue weighted by atomic mass is 35.5. The van der Waals surface area contributed by atoms with Gasteiger partial charge in [0.05, 0.1) is 25.8 Å². The summed E-state index contributed by atoms with van der Waals surface area (Å²) in [5, 5.41) is 22.0. The van der Waals surface area contributed by atoms with E-state index in [-0.39, 0.29) is 23.8 Å². The number of nitrogens with zero attached hydrogens (tertiary/aromatic N) is 2. The van der Waals surface area contributed by atoms with Crippen LogP contribution in [0.15, 0.2) is 66.9 Å². The summed E-state index contributed by atoms with van der Waals surface area (Å²) in [6.07, 6.45) is 2.95. The van der Waals surface area contributed by atoms with Crippen molar-refractivity contribution in [3.63, 3.8) is 0 Å². The van der Waals surface area contributed by atoms with Gasteiger partial charge in [-0.25, -0.2) is 4.98 Å². The molecule has 1 unspecified atom stereocenters. The number of hydrogen-bond acceptors (Lipinski definition) is 8. The van der Waals surface area contributed by atoms with Crippen LogP contribution in [0.5, 0.6) is 0 Å². The fourth-order valence-electron chi connectivity index (χ4n) is 5.00. The van der Waals surface area contributed by atoms with E-state index in [2.05, 4.69) is 33.1 Å². The number of likely N-dealkylation sites (tertiary alicyclic amines) is 1. The van der Waals surface area contributed by atoms with Gasteiger partial charge in [0.2, 0.25) is 5.91 Å². The lowest BCUT2D eigenvalue weighted by Crippen LogP contribution is -2.48. The first-order chi connectivity index (χ1) is 19.9. The maximum absolute atomic E-state index is 13.0. The summed E-state index contributed by atoms with van der Waals surface area (Å²) in [5.41, 5.74) is 2.86. The molecule has 2 saturated heterocycles. The third-order valence-corrected chi connectivity index (χ3v) is 9.82. The molecule has 0 aliphatic carbocycles. The highest BCUT2D eigenvalue weighted by Gasteiger charge is 2.35. The first kappa shape index (κ1) is 28.0. The number of thiophene rings is 1. The molecule has 11 heteroatoms. The fraction of sp³-hybridized carbons (Fsp3) is 0.300. The summed E-state index contributed by atoms with van der Waals surface area (Å²) in [6.45, 7) is 2.66. The van der Waals surface area contributed by atoms with Gasteiger partial charge in [-0.3, -0.25) is 14.9 Å². The van der Waals surface area contributed by atoms with Crippen LogP contribution in [0, 0.1) is 0 Å². The summed E-state index contributed by atoms with van der Waals surface area (Å²) in [4.78, 5) is 33.5. The average molecular weight is 608 g/mol. The van der Waals surface area contributed by atoms with Gasteiger partial charge in [0.1, 0.15) is 6.23 Å². The Hall–Kier alpha value is -3.12. The third kappa shape index (κ3) is 6.53. The summed E-state index contributed by atoms with van der Waals surface area (Å²) >= 11 is 9.00. The van der Waals surface area contributed by atoms with Crippen LogP contribution in [0.3, 0.4) is 0 Å². The number of anilines is 1. The van der Waals surface area contributed by atoms with Crippen LogP contribution in [0.1, 0.15) is 50.8 Å². The minimum absolute atomic E-state index is 0.00722. The maximum atomic E-state index is 13.0. The number of carbonyl (C=O) groups is 2. The molecular formula is C30H30ClN5O3S2. The van der Waals surface area contributed by atoms with Crippen molar-refractivity contribution in [1.82, 2.24) is 20.5 Å². The van der Waals surface area contributed by atoms with Crippen LogP contribution in [-0.4, -0.2) is 52.5 Å². The number of rotatable bonds is 9. The van der Waals surface area contributed by atoms with Crippen molar-refractivity contribution in [3.8, 4) is 10.4 Å². The largest absolute Gasteiger partial charge is 0.374 e. The van der Waals surface area contributed by atoms with Crippen LogP contribution in [0.25, 0.3) is 10.4 Å². The van der Waals surface area contributed by atoms with Gasteiger partial charge >= 0.3 is 0 Å². The Morgan fingerprint density at radius 2 is 1.95 bits per heavy atom. The van der Waals surface area contributed by atoms with Gasteiger partial charge in [-0.1, -0.05) is 48.0 Å². The third-order valence-electron chi connectivity index (χ3n) is 7.38. The smallest absolute Gasteiger partial charge is 0.264 e. The van der Waals surface area contributed by atoms with Crippen LogP contribution in [-0.2, 0) is 11.3 Å². The zero-order chi connectivity index (χ0) is 28.3. The Morgan fingerprint density at radius 3 is 2.71 bits per heavy atom. The fourth-order valence-corrected chi connectivity index (χ4v) is 7.08. The molecule has 2 fully saturated rings. The van der Waals surface area contributed by atoms with Crippen molar-refractivity contribution in [1.29, 1.82) is 0 Å². The van der Waals surface area contributed by atoms with Crippen LogP contribution in [0.2, 0.25) is 5.02 Å². The first-order valence-electron chi connectivity index (χ1n) is 13.6. The van der Waals surface area contributed by atoms with E-state index in [1.165, 1.54) is 11.3 Å². The van der Waals surface area contributed by atoms with Crippen molar-refractivity contribution in [3.05, 3.63) is 92.9 Å². The molecule has 41 heavy (non-hydrogen) atoms. The number of thiazole rings is 1. The molecular weight excluding hydrogens is 578 g/mol. The van der Waals surface area contributed by atoms with E-state index in [0.29, 0.717) is 34.5 Å². The molecule has 0 radical (unpaired) electrons. The predicted octanol–water partition coefficient (Wildman–Crippen LogP) is 5.24. The number of benzene rings is 2. The zero-order valence-electron chi connectivity index (χ0n) is 22.2. The molecule has 6 rings (SSSR count). The van der Waals surface area contributed by atoms with Gasteiger partial charge in [-0.2, -0.15) is 0 Å². The lowest BCUT2D eigenvalue weighted by Gasteiger charge is -2.37. The Bertz CT molecular complexity index is 1530. The minimum Gasteiger partial charge on any atom is -0.374 e. The molecule has 2 aromatic carbocycles. The number of aliphatic hydroxyl groups is 1. The molecule has 0 bridgehead atoms. The second-order valence-corrected chi connectivity index (χ2v) is 12.9. The van der Waals surface area contributed by atoms with E-state index in [1.807, 2.05) is 35.4 Å². The zero-order valence-corrected chi connectivity index (χ0v) is 24.6. The molecule has 212 valence electrons. The first-order valence-corrected chi connectivity index (χ1v) is 15.6. The number of amides is 2. The van der Waals surface area contributed by atoms with Crippen LogP contribution in [0.4, 0.5) is 5.00 Å². The Kier molecular flexibility index (Phi) is 8.47. The average Bonchev–Trinajstić information content (AvgIpc) is 3.74. The maximum Gasteiger partial charge on any atom is 0.264 e. The predicted molar refractivity (Wildman–Crippen MR) is 163 cm³/mol. The molecule has 2 aliphatic rings. The van der Waals surface area contributed by atoms with Crippen molar-refractivity contribution in [2.75, 3.05) is 25.0 Å².